The maximum atomic E-state index is 12.8. The Labute approximate surface area is 205 Å². The number of methoxy groups -OCH3 is 1. The molecule has 0 radical (unpaired) electrons. The highest BCUT2D eigenvalue weighted by molar-refractivity contribution is 7.90. The van der Waals surface area contributed by atoms with Crippen LogP contribution >= 0.6 is 0 Å². The summed E-state index contributed by atoms with van der Waals surface area (Å²) in [6.07, 6.45) is 2.07. The van der Waals surface area contributed by atoms with E-state index in [9.17, 15) is 18.0 Å². The van der Waals surface area contributed by atoms with Crippen LogP contribution in [0.2, 0.25) is 25.7 Å². The van der Waals surface area contributed by atoms with E-state index in [0.29, 0.717) is 22.5 Å². The van der Waals surface area contributed by atoms with E-state index >= 15 is 0 Å². The summed E-state index contributed by atoms with van der Waals surface area (Å²) in [6.45, 7) is 6.39. The fourth-order valence-electron chi connectivity index (χ4n) is 3.15. The van der Waals surface area contributed by atoms with Crippen LogP contribution in [0.1, 0.15) is 11.1 Å². The Kier molecular flexibility index (Phi) is 8.13. The number of esters is 1. The molecule has 0 aliphatic heterocycles. The van der Waals surface area contributed by atoms with Crippen LogP contribution in [0, 0.1) is 0 Å². The predicted molar refractivity (Wildman–Crippen MR) is 137 cm³/mol. The van der Waals surface area contributed by atoms with Gasteiger partial charge in [0.15, 0.2) is 0 Å². The number of nitrogens with zero attached hydrogens (tertiary/aromatic N) is 2. The lowest BCUT2D eigenvalue weighted by atomic mass is 10.1. The number of rotatable bonds is 9. The van der Waals surface area contributed by atoms with Gasteiger partial charge in [-0.1, -0.05) is 56.0 Å². The number of benzene rings is 2. The van der Waals surface area contributed by atoms with E-state index in [-0.39, 0.29) is 18.1 Å². The van der Waals surface area contributed by atoms with E-state index in [0.717, 1.165) is 9.65 Å². The minimum Gasteiger partial charge on any atom is -0.464 e. The van der Waals surface area contributed by atoms with Crippen molar-refractivity contribution < 1.29 is 27.5 Å². The molecule has 0 saturated carbocycles. The Balaban J connectivity index is 1.80. The molecule has 0 fully saturated rings. The average Bonchev–Trinajstić information content (AvgIpc) is 3.25. The van der Waals surface area contributed by atoms with Gasteiger partial charge in [0.05, 0.1) is 24.6 Å². The highest BCUT2D eigenvalue weighted by Gasteiger charge is 2.22. The molecule has 2 aromatic carbocycles. The highest BCUT2D eigenvalue weighted by Crippen LogP contribution is 2.21. The van der Waals surface area contributed by atoms with Crippen molar-refractivity contribution in [2.45, 2.75) is 32.3 Å². The second-order valence-electron chi connectivity index (χ2n) is 9.17. The van der Waals surface area contributed by atoms with Crippen molar-refractivity contribution >= 4 is 47.1 Å². The fourth-order valence-corrected chi connectivity index (χ4v) is 7.46. The van der Waals surface area contributed by atoms with Gasteiger partial charge in [0.1, 0.15) is 12.3 Å². The van der Waals surface area contributed by atoms with E-state index in [2.05, 4.69) is 30.1 Å². The third-order valence-corrected chi connectivity index (χ3v) is 8.75. The van der Waals surface area contributed by atoms with Gasteiger partial charge in [-0.15, -0.1) is 0 Å². The lowest BCUT2D eigenvalue weighted by Gasteiger charge is -2.15. The Morgan fingerprint density at radius 3 is 2.49 bits per heavy atom. The predicted octanol–water partition coefficient (Wildman–Crippen LogP) is 3.99. The number of carbonyl (C=O) groups excluding carboxylic acids is 2. The Morgan fingerprint density at radius 2 is 1.83 bits per heavy atom. The maximum absolute atomic E-state index is 12.8. The molecule has 0 atom stereocenters. The molecule has 0 spiro atoms. The molecule has 0 aliphatic rings. The van der Waals surface area contributed by atoms with Gasteiger partial charge in [-0.2, -0.15) is 9.19 Å². The zero-order valence-electron chi connectivity index (χ0n) is 20.1. The normalized spacial score (nSPS) is 12.4. The number of aromatic nitrogens is 2. The molecule has 3 rings (SSSR count). The summed E-state index contributed by atoms with van der Waals surface area (Å²) in [7, 11) is -3.94. The summed E-state index contributed by atoms with van der Waals surface area (Å²) in [5, 5.41) is 7.07. The molecular weight excluding hydrogens is 486 g/mol. The molecule has 1 N–H and O–H groups in total. The number of fused-ring (bicyclic) bond motifs is 1. The van der Waals surface area contributed by atoms with Gasteiger partial charge in [-0.3, -0.25) is 5.32 Å². The van der Waals surface area contributed by atoms with Crippen molar-refractivity contribution in [3.8, 4) is 0 Å². The summed E-state index contributed by atoms with van der Waals surface area (Å²) in [4.78, 5) is 24.5. The number of carbonyl (C=O) groups is 2. The van der Waals surface area contributed by atoms with Crippen LogP contribution in [0.5, 0.6) is 0 Å². The lowest BCUT2D eigenvalue weighted by Crippen LogP contribution is -2.28. The SMILES string of the molecule is COC(=O)C(=Cc1ccc2c(cnn2S(=O)(=O)CC[Si](C)(C)C)c1)NC(=O)OCc1ccccc1. The van der Waals surface area contributed by atoms with Crippen LogP contribution in [-0.2, 0) is 30.9 Å². The van der Waals surface area contributed by atoms with Gasteiger partial charge >= 0.3 is 12.1 Å². The molecule has 186 valence electrons. The molecule has 9 nitrogen and oxygen atoms in total. The molecule has 3 aromatic rings. The Morgan fingerprint density at radius 1 is 1.11 bits per heavy atom. The zero-order valence-corrected chi connectivity index (χ0v) is 22.0. The third kappa shape index (κ3) is 7.27. The molecule has 35 heavy (non-hydrogen) atoms. The number of nitrogens with one attached hydrogen (secondary N) is 1. The second-order valence-corrected chi connectivity index (χ2v) is 16.7. The minimum absolute atomic E-state index is 0.0304. The lowest BCUT2D eigenvalue weighted by molar-refractivity contribution is -0.136. The number of amides is 1. The second kappa shape index (κ2) is 10.9. The summed E-state index contributed by atoms with van der Waals surface area (Å²) < 4.78 is 36.6. The highest BCUT2D eigenvalue weighted by atomic mass is 32.2. The van der Waals surface area contributed by atoms with Gasteiger partial charge < -0.3 is 9.47 Å². The van der Waals surface area contributed by atoms with Gasteiger partial charge in [0.25, 0.3) is 10.0 Å². The molecule has 1 heterocycles. The first-order valence-corrected chi connectivity index (χ1v) is 16.3. The van der Waals surface area contributed by atoms with E-state index in [1.165, 1.54) is 19.4 Å². The molecular formula is C24H29N3O6SSi. The van der Waals surface area contributed by atoms with Crippen LogP contribution in [0.4, 0.5) is 4.79 Å². The molecule has 0 aliphatic carbocycles. The van der Waals surface area contributed by atoms with E-state index in [1.807, 2.05) is 30.3 Å². The van der Waals surface area contributed by atoms with Crippen molar-refractivity contribution in [2.75, 3.05) is 12.9 Å². The summed E-state index contributed by atoms with van der Waals surface area (Å²) >= 11 is 0. The average molecular weight is 516 g/mol. The van der Waals surface area contributed by atoms with Crippen LogP contribution < -0.4 is 5.32 Å². The zero-order chi connectivity index (χ0) is 25.6. The van der Waals surface area contributed by atoms with Crippen molar-refractivity contribution in [3.05, 3.63) is 71.6 Å². The third-order valence-electron chi connectivity index (χ3n) is 5.10. The van der Waals surface area contributed by atoms with Crippen molar-refractivity contribution in [1.29, 1.82) is 0 Å². The standard InChI is InChI=1S/C24H29N3O6SSi/c1-32-23(28)21(26-24(29)33-17-18-8-6-5-7-9-18)15-19-10-11-22-20(14-19)16-25-27(22)34(30,31)12-13-35(2,3)4/h5-11,14-16H,12-13,17H2,1-4H3,(H,26,29). The van der Waals surface area contributed by atoms with E-state index < -0.39 is 30.2 Å². The van der Waals surface area contributed by atoms with E-state index in [1.54, 1.807) is 18.2 Å². The number of ether oxygens (including phenoxy) is 2. The minimum atomic E-state index is -3.60. The van der Waals surface area contributed by atoms with Crippen LogP contribution in [0.15, 0.2) is 60.4 Å². The first kappa shape index (κ1) is 26.2. The molecule has 0 saturated heterocycles. The quantitative estimate of drug-likeness (QED) is 0.260. The van der Waals surface area contributed by atoms with Crippen LogP contribution in [0.3, 0.4) is 0 Å². The number of alkyl carbamates (subject to hydrolysis) is 1. The van der Waals surface area contributed by atoms with Crippen molar-refractivity contribution in [3.63, 3.8) is 0 Å². The van der Waals surface area contributed by atoms with Crippen molar-refractivity contribution in [2.24, 2.45) is 0 Å². The molecule has 0 bridgehead atoms. The molecule has 1 aromatic heterocycles. The van der Waals surface area contributed by atoms with Gasteiger partial charge in [0, 0.05) is 13.5 Å². The Hall–Kier alpha value is -3.44. The summed E-state index contributed by atoms with van der Waals surface area (Å²) in [6, 6.07) is 14.7. The topological polar surface area (TPSA) is 117 Å². The van der Waals surface area contributed by atoms with E-state index in [4.69, 9.17) is 9.47 Å². The Bertz CT molecular complexity index is 1340. The molecule has 1 amide bonds. The van der Waals surface area contributed by atoms with Crippen LogP contribution in [-0.4, -0.2) is 50.6 Å². The smallest absolute Gasteiger partial charge is 0.412 e. The molecule has 0 unspecified atom stereocenters. The molecule has 11 heteroatoms. The van der Waals surface area contributed by atoms with Gasteiger partial charge in [-0.25, -0.2) is 18.0 Å². The van der Waals surface area contributed by atoms with Gasteiger partial charge in [0.2, 0.25) is 0 Å². The van der Waals surface area contributed by atoms with Crippen LogP contribution in [0.25, 0.3) is 17.0 Å². The maximum Gasteiger partial charge on any atom is 0.412 e. The first-order valence-electron chi connectivity index (χ1n) is 11.0. The summed E-state index contributed by atoms with van der Waals surface area (Å²) in [5.74, 6) is -0.728. The largest absolute Gasteiger partial charge is 0.464 e. The summed E-state index contributed by atoms with van der Waals surface area (Å²) in [5.41, 5.74) is 1.65. The fraction of sp³-hybridized carbons (Fsp3) is 0.292. The monoisotopic (exact) mass is 515 g/mol. The first-order chi connectivity index (χ1) is 16.5. The van der Waals surface area contributed by atoms with Gasteiger partial charge in [-0.05, 0) is 35.4 Å². The number of hydrogen-bond donors (Lipinski definition) is 1. The number of hydrogen-bond acceptors (Lipinski definition) is 7. The van der Waals surface area contributed by atoms with Crippen molar-refractivity contribution in [1.82, 2.24) is 14.5 Å².